The third-order valence-corrected chi connectivity index (χ3v) is 7.08. The Morgan fingerprint density at radius 1 is 1.23 bits per heavy atom. The van der Waals surface area contributed by atoms with Gasteiger partial charge in [0, 0.05) is 30.7 Å². The third-order valence-electron chi connectivity index (χ3n) is 7.08. The minimum atomic E-state index is -0.569. The van der Waals surface area contributed by atoms with Gasteiger partial charge in [0.1, 0.15) is 35.9 Å². The van der Waals surface area contributed by atoms with Crippen LogP contribution >= 0.6 is 0 Å². The molecule has 1 amide bonds. The van der Waals surface area contributed by atoms with Crippen molar-refractivity contribution in [2.24, 2.45) is 5.73 Å². The lowest BCUT2D eigenvalue weighted by molar-refractivity contribution is -0.0557. The van der Waals surface area contributed by atoms with Gasteiger partial charge in [-0.05, 0) is 46.6 Å². The Morgan fingerprint density at radius 2 is 2.00 bits per heavy atom. The van der Waals surface area contributed by atoms with Crippen LogP contribution in [0, 0.1) is 11.3 Å². The van der Waals surface area contributed by atoms with Crippen LogP contribution in [0.2, 0.25) is 0 Å². The highest BCUT2D eigenvalue weighted by molar-refractivity contribution is 5.83. The largest absolute Gasteiger partial charge is 0.489 e. The van der Waals surface area contributed by atoms with E-state index in [1.54, 1.807) is 28.0 Å². The summed E-state index contributed by atoms with van der Waals surface area (Å²) in [7, 11) is 0. The summed E-state index contributed by atoms with van der Waals surface area (Å²) in [6.45, 7) is 10.7. The quantitative estimate of drug-likeness (QED) is 0.505. The summed E-state index contributed by atoms with van der Waals surface area (Å²) in [5, 5.41) is 14.0. The van der Waals surface area contributed by atoms with E-state index < -0.39 is 5.60 Å². The van der Waals surface area contributed by atoms with Crippen LogP contribution in [-0.4, -0.2) is 87.2 Å². The van der Waals surface area contributed by atoms with Crippen molar-refractivity contribution in [3.63, 3.8) is 0 Å². The molecule has 0 aliphatic carbocycles. The van der Waals surface area contributed by atoms with E-state index >= 15 is 0 Å². The van der Waals surface area contributed by atoms with Gasteiger partial charge in [-0.15, -0.1) is 0 Å². The van der Waals surface area contributed by atoms with Gasteiger partial charge in [0.2, 0.25) is 0 Å². The summed E-state index contributed by atoms with van der Waals surface area (Å²) in [6, 6.07) is 4.03. The first kappa shape index (κ1) is 27.6. The van der Waals surface area contributed by atoms with Crippen LogP contribution in [0.3, 0.4) is 0 Å². The predicted octanol–water partition coefficient (Wildman–Crippen LogP) is 3.00. The van der Waals surface area contributed by atoms with E-state index in [0.29, 0.717) is 47.8 Å². The lowest BCUT2D eigenvalue weighted by Gasteiger charge is -2.37. The molecule has 0 radical (unpaired) electrons. The molecule has 0 bridgehead atoms. The number of pyridine rings is 1. The summed E-state index contributed by atoms with van der Waals surface area (Å²) in [4.78, 5) is 25.7. The molecule has 1 atom stereocenters. The smallest absolute Gasteiger partial charge is 0.410 e. The average molecular weight is 549 g/mol. The summed E-state index contributed by atoms with van der Waals surface area (Å²) in [6.07, 6.45) is 7.78. The van der Waals surface area contributed by atoms with Crippen LogP contribution in [0.1, 0.15) is 46.1 Å². The number of anilines is 1. The number of nitriles is 1. The van der Waals surface area contributed by atoms with E-state index in [0.717, 1.165) is 31.7 Å². The number of piperidine rings is 1. The molecule has 5 rings (SSSR count). The molecule has 5 heterocycles. The number of nitrogens with zero attached hydrogens (tertiary/aromatic N) is 7. The van der Waals surface area contributed by atoms with Gasteiger partial charge in [-0.25, -0.2) is 14.3 Å². The van der Waals surface area contributed by atoms with E-state index in [1.807, 2.05) is 26.8 Å². The van der Waals surface area contributed by atoms with Gasteiger partial charge in [0.05, 0.1) is 54.7 Å². The Hall–Kier alpha value is -3.95. The maximum absolute atomic E-state index is 12.5. The molecule has 1 unspecified atom stereocenters. The molecule has 3 aromatic rings. The van der Waals surface area contributed by atoms with Crippen molar-refractivity contribution >= 4 is 17.4 Å². The van der Waals surface area contributed by atoms with Gasteiger partial charge < -0.3 is 29.7 Å². The molecule has 12 nitrogen and oxygen atoms in total. The number of hydrogen-bond acceptors (Lipinski definition) is 10. The van der Waals surface area contributed by atoms with Crippen LogP contribution in [0.15, 0.2) is 30.9 Å². The second-order valence-corrected chi connectivity index (χ2v) is 11.7. The van der Waals surface area contributed by atoms with Crippen molar-refractivity contribution in [1.29, 1.82) is 5.26 Å². The average Bonchev–Trinajstić information content (AvgIpc) is 3.34. The minimum absolute atomic E-state index is 0.150. The number of fused-ring (bicyclic) bond motifs is 1. The first-order valence-corrected chi connectivity index (χ1v) is 13.5. The topological polar surface area (TPSA) is 144 Å². The molecular formula is C28H36N8O4. The van der Waals surface area contributed by atoms with Crippen molar-refractivity contribution in [3.05, 3.63) is 36.4 Å². The Balaban J connectivity index is 1.33. The number of aromatic nitrogens is 4. The van der Waals surface area contributed by atoms with E-state index in [2.05, 4.69) is 28.0 Å². The van der Waals surface area contributed by atoms with E-state index in [-0.39, 0.29) is 24.3 Å². The third kappa shape index (κ3) is 6.26. The molecule has 212 valence electrons. The van der Waals surface area contributed by atoms with E-state index in [4.69, 9.17) is 24.9 Å². The Morgan fingerprint density at radius 3 is 2.67 bits per heavy atom. The number of carbonyl (C=O) groups is 1. The summed E-state index contributed by atoms with van der Waals surface area (Å²) < 4.78 is 19.1. The van der Waals surface area contributed by atoms with Crippen molar-refractivity contribution in [2.75, 3.05) is 44.3 Å². The molecule has 2 aliphatic rings. The molecule has 3 aromatic heterocycles. The van der Waals surface area contributed by atoms with Crippen LogP contribution in [-0.2, 0) is 9.47 Å². The van der Waals surface area contributed by atoms with Crippen molar-refractivity contribution < 1.29 is 19.0 Å². The number of ether oxygens (including phenoxy) is 3. The molecule has 2 fully saturated rings. The zero-order valence-corrected chi connectivity index (χ0v) is 23.5. The molecule has 0 aromatic carbocycles. The number of morpholine rings is 1. The first-order chi connectivity index (χ1) is 19.0. The van der Waals surface area contributed by atoms with Gasteiger partial charge in [0.15, 0.2) is 0 Å². The van der Waals surface area contributed by atoms with Crippen LogP contribution in [0.5, 0.6) is 5.75 Å². The minimum Gasteiger partial charge on any atom is -0.489 e. The maximum atomic E-state index is 12.5. The van der Waals surface area contributed by atoms with Gasteiger partial charge in [-0.1, -0.05) is 0 Å². The highest BCUT2D eigenvalue weighted by atomic mass is 16.6. The van der Waals surface area contributed by atoms with Gasteiger partial charge >= 0.3 is 6.09 Å². The number of nitrogens with two attached hydrogens (primary N) is 1. The monoisotopic (exact) mass is 548 g/mol. The number of amides is 1. The van der Waals surface area contributed by atoms with E-state index in [1.165, 1.54) is 6.20 Å². The molecule has 2 saturated heterocycles. The van der Waals surface area contributed by atoms with Gasteiger partial charge in [0.25, 0.3) is 0 Å². The summed E-state index contributed by atoms with van der Waals surface area (Å²) in [5.74, 6) is 1.32. The predicted molar refractivity (Wildman–Crippen MR) is 148 cm³/mol. The van der Waals surface area contributed by atoms with Crippen LogP contribution in [0.25, 0.3) is 16.8 Å². The van der Waals surface area contributed by atoms with Crippen molar-refractivity contribution in [2.45, 2.75) is 57.8 Å². The SMILES string of the molecule is CC1(N)CCN(c2cnc(-c3cc(OCC4CN(C(=O)OC(C)(C)C)CCO4)cn4ncc(C#N)c34)cn2)CC1. The Kier molecular flexibility index (Phi) is 7.53. The number of hydrogen-bond donors (Lipinski definition) is 1. The van der Waals surface area contributed by atoms with Gasteiger partial charge in [-0.3, -0.25) is 4.98 Å². The molecule has 2 aliphatic heterocycles. The standard InChI is InChI=1S/C28H36N8O4/c1-27(2,3)40-26(37)35-9-10-38-21(16-35)18-39-20-11-22(25-19(12-29)13-33-36(25)17-20)23-14-32-24(15-31-23)34-7-5-28(4,30)6-8-34/h11,13-15,17,21H,5-10,16,18,30H2,1-4H3. The summed E-state index contributed by atoms with van der Waals surface area (Å²) >= 11 is 0. The fourth-order valence-electron chi connectivity index (χ4n) is 4.82. The molecule has 0 saturated carbocycles. The molecule has 0 spiro atoms. The van der Waals surface area contributed by atoms with Gasteiger partial charge in [-0.2, -0.15) is 10.4 Å². The number of rotatable bonds is 5. The maximum Gasteiger partial charge on any atom is 0.410 e. The molecular weight excluding hydrogens is 512 g/mol. The highest BCUT2D eigenvalue weighted by Gasteiger charge is 2.29. The Labute approximate surface area is 233 Å². The normalized spacial score (nSPS) is 19.4. The fourth-order valence-corrected chi connectivity index (χ4v) is 4.82. The van der Waals surface area contributed by atoms with Crippen LogP contribution in [0.4, 0.5) is 10.6 Å². The zero-order chi connectivity index (χ0) is 28.5. The lowest BCUT2D eigenvalue weighted by atomic mass is 9.91. The second kappa shape index (κ2) is 10.9. The molecule has 2 N–H and O–H groups in total. The fraction of sp³-hybridized carbons (Fsp3) is 0.536. The molecule has 40 heavy (non-hydrogen) atoms. The van der Waals surface area contributed by atoms with Crippen molar-refractivity contribution in [3.8, 4) is 23.1 Å². The number of carbonyl (C=O) groups excluding carboxylic acids is 1. The summed E-state index contributed by atoms with van der Waals surface area (Å²) in [5.41, 5.74) is 7.88. The zero-order valence-electron chi connectivity index (χ0n) is 23.5. The first-order valence-electron chi connectivity index (χ1n) is 13.5. The van der Waals surface area contributed by atoms with E-state index in [9.17, 15) is 10.1 Å². The Bertz CT molecular complexity index is 1400. The highest BCUT2D eigenvalue weighted by Crippen LogP contribution is 2.31. The van der Waals surface area contributed by atoms with Crippen molar-refractivity contribution in [1.82, 2.24) is 24.5 Å². The lowest BCUT2D eigenvalue weighted by Crippen LogP contribution is -2.49. The molecule has 12 heteroatoms. The second-order valence-electron chi connectivity index (χ2n) is 11.7. The van der Waals surface area contributed by atoms with Crippen LogP contribution < -0.4 is 15.4 Å².